The van der Waals surface area contributed by atoms with Gasteiger partial charge in [-0.1, -0.05) is 44.2 Å². The highest BCUT2D eigenvalue weighted by molar-refractivity contribution is 6.02. The van der Waals surface area contributed by atoms with Crippen molar-refractivity contribution in [2.24, 2.45) is 5.92 Å². The van der Waals surface area contributed by atoms with E-state index in [0.29, 0.717) is 22.9 Å². The number of hydrogen-bond acceptors (Lipinski definition) is 5. The van der Waals surface area contributed by atoms with E-state index in [2.05, 4.69) is 10.4 Å². The van der Waals surface area contributed by atoms with Gasteiger partial charge in [0.25, 0.3) is 11.5 Å². The van der Waals surface area contributed by atoms with Crippen LogP contribution in [0.2, 0.25) is 0 Å². The van der Waals surface area contributed by atoms with E-state index in [4.69, 9.17) is 4.74 Å². The lowest BCUT2D eigenvalue weighted by Gasteiger charge is -2.12. The van der Waals surface area contributed by atoms with Crippen molar-refractivity contribution < 1.29 is 18.7 Å². The molecule has 0 aliphatic rings. The first-order valence-corrected chi connectivity index (χ1v) is 9.53. The Morgan fingerprint density at radius 1 is 1.10 bits per heavy atom. The van der Waals surface area contributed by atoms with E-state index >= 15 is 0 Å². The van der Waals surface area contributed by atoms with Crippen LogP contribution in [0.3, 0.4) is 0 Å². The van der Waals surface area contributed by atoms with Crippen molar-refractivity contribution in [1.29, 1.82) is 0 Å². The third kappa shape index (κ3) is 5.08. The topological polar surface area (TPSA) is 90.3 Å². The van der Waals surface area contributed by atoms with Crippen LogP contribution < -0.4 is 10.9 Å². The maximum absolute atomic E-state index is 12.9. The zero-order valence-corrected chi connectivity index (χ0v) is 16.7. The highest BCUT2D eigenvalue weighted by Crippen LogP contribution is 2.15. The molecular formula is C22H22FN3O4. The van der Waals surface area contributed by atoms with Crippen LogP contribution in [0.15, 0.2) is 53.3 Å². The SMILES string of the molecule is CC(C)Cn1nc(C(=O)OCC(=O)NCc2ccc(F)cc2)c2ccccc2c1=O. The number of ether oxygens (including phenoxy) is 1. The van der Waals surface area contributed by atoms with Gasteiger partial charge in [0.2, 0.25) is 0 Å². The van der Waals surface area contributed by atoms with Gasteiger partial charge < -0.3 is 10.1 Å². The Hall–Kier alpha value is -3.55. The molecule has 0 bridgehead atoms. The van der Waals surface area contributed by atoms with Gasteiger partial charge in [-0.15, -0.1) is 0 Å². The summed E-state index contributed by atoms with van der Waals surface area (Å²) in [7, 11) is 0. The van der Waals surface area contributed by atoms with Crippen molar-refractivity contribution in [3.8, 4) is 0 Å². The summed E-state index contributed by atoms with van der Waals surface area (Å²) < 4.78 is 19.3. The molecule has 0 unspecified atom stereocenters. The maximum atomic E-state index is 12.9. The number of halogens is 1. The molecule has 2 aromatic carbocycles. The first kappa shape index (κ1) is 21.2. The Balaban J connectivity index is 1.71. The molecule has 0 aliphatic heterocycles. The number of benzene rings is 2. The zero-order valence-electron chi connectivity index (χ0n) is 16.7. The van der Waals surface area contributed by atoms with E-state index in [0.717, 1.165) is 0 Å². The van der Waals surface area contributed by atoms with Crippen LogP contribution in [0.1, 0.15) is 29.9 Å². The predicted molar refractivity (Wildman–Crippen MR) is 109 cm³/mol. The number of amides is 1. The summed E-state index contributed by atoms with van der Waals surface area (Å²) in [5.74, 6) is -1.51. The number of hydrogen-bond donors (Lipinski definition) is 1. The molecule has 156 valence electrons. The standard InChI is InChI=1S/C22H22FN3O4/c1-14(2)12-26-21(28)18-6-4-3-5-17(18)20(25-26)22(29)30-13-19(27)24-11-15-7-9-16(23)10-8-15/h3-10,14H,11-13H2,1-2H3,(H,24,27). The first-order valence-electron chi connectivity index (χ1n) is 9.53. The average molecular weight is 411 g/mol. The lowest BCUT2D eigenvalue weighted by molar-refractivity contribution is -0.124. The van der Waals surface area contributed by atoms with Gasteiger partial charge in [0.1, 0.15) is 5.82 Å². The minimum absolute atomic E-state index is 0.0165. The molecule has 0 saturated carbocycles. The quantitative estimate of drug-likeness (QED) is 0.604. The highest BCUT2D eigenvalue weighted by atomic mass is 19.1. The minimum atomic E-state index is -0.791. The van der Waals surface area contributed by atoms with E-state index < -0.39 is 18.5 Å². The second-order valence-corrected chi connectivity index (χ2v) is 7.25. The Labute approximate surface area is 172 Å². The third-order valence-corrected chi connectivity index (χ3v) is 4.34. The molecule has 0 aliphatic carbocycles. The van der Waals surface area contributed by atoms with Crippen molar-refractivity contribution >= 4 is 22.6 Å². The molecule has 0 spiro atoms. The van der Waals surface area contributed by atoms with Gasteiger partial charge in [0, 0.05) is 18.5 Å². The van der Waals surface area contributed by atoms with Crippen molar-refractivity contribution in [3.63, 3.8) is 0 Å². The fourth-order valence-electron chi connectivity index (χ4n) is 2.91. The summed E-state index contributed by atoms with van der Waals surface area (Å²) in [5.41, 5.74) is 0.412. The number of fused-ring (bicyclic) bond motifs is 1. The number of rotatable bonds is 7. The van der Waals surface area contributed by atoms with E-state index in [-0.39, 0.29) is 29.5 Å². The lowest BCUT2D eigenvalue weighted by atomic mass is 10.1. The van der Waals surface area contributed by atoms with E-state index in [9.17, 15) is 18.8 Å². The molecule has 7 nitrogen and oxygen atoms in total. The number of esters is 1. The number of nitrogens with zero attached hydrogens (tertiary/aromatic N) is 2. The summed E-state index contributed by atoms with van der Waals surface area (Å²) in [6, 6.07) is 12.3. The highest BCUT2D eigenvalue weighted by Gasteiger charge is 2.19. The second kappa shape index (κ2) is 9.30. The van der Waals surface area contributed by atoms with Crippen LogP contribution in [0.4, 0.5) is 4.39 Å². The molecule has 0 saturated heterocycles. The van der Waals surface area contributed by atoms with Crippen LogP contribution in [0.25, 0.3) is 10.8 Å². The summed E-state index contributed by atoms with van der Waals surface area (Å²) in [4.78, 5) is 37.2. The number of aromatic nitrogens is 2. The largest absolute Gasteiger partial charge is 0.451 e. The van der Waals surface area contributed by atoms with Crippen LogP contribution in [0, 0.1) is 11.7 Å². The Morgan fingerprint density at radius 3 is 2.43 bits per heavy atom. The minimum Gasteiger partial charge on any atom is -0.451 e. The first-order chi connectivity index (χ1) is 14.3. The fourth-order valence-corrected chi connectivity index (χ4v) is 2.91. The van der Waals surface area contributed by atoms with Crippen molar-refractivity contribution in [1.82, 2.24) is 15.1 Å². The molecule has 3 rings (SSSR count). The van der Waals surface area contributed by atoms with E-state index in [1.165, 1.54) is 16.8 Å². The van der Waals surface area contributed by atoms with Gasteiger partial charge >= 0.3 is 5.97 Å². The summed E-state index contributed by atoms with van der Waals surface area (Å²) in [6.07, 6.45) is 0. The summed E-state index contributed by atoms with van der Waals surface area (Å²) >= 11 is 0. The summed E-state index contributed by atoms with van der Waals surface area (Å²) in [5, 5.41) is 7.51. The molecule has 1 N–H and O–H groups in total. The lowest BCUT2D eigenvalue weighted by Crippen LogP contribution is -2.30. The van der Waals surface area contributed by atoms with Crippen molar-refractivity contribution in [2.45, 2.75) is 26.9 Å². The van der Waals surface area contributed by atoms with Gasteiger partial charge in [0.15, 0.2) is 12.3 Å². The molecule has 8 heteroatoms. The monoisotopic (exact) mass is 411 g/mol. The molecule has 3 aromatic rings. The molecule has 0 fully saturated rings. The van der Waals surface area contributed by atoms with Crippen molar-refractivity contribution in [2.75, 3.05) is 6.61 Å². The normalized spacial score (nSPS) is 10.9. The molecule has 1 heterocycles. The fraction of sp³-hybridized carbons (Fsp3) is 0.273. The molecule has 0 atom stereocenters. The molecule has 30 heavy (non-hydrogen) atoms. The van der Waals surface area contributed by atoms with Gasteiger partial charge in [0.05, 0.1) is 5.39 Å². The number of nitrogens with one attached hydrogen (secondary N) is 1. The van der Waals surface area contributed by atoms with Gasteiger partial charge in [-0.3, -0.25) is 9.59 Å². The molecule has 1 aromatic heterocycles. The Kier molecular flexibility index (Phi) is 6.56. The summed E-state index contributed by atoms with van der Waals surface area (Å²) in [6.45, 7) is 3.90. The molecule has 0 radical (unpaired) electrons. The molecular weight excluding hydrogens is 389 g/mol. The Bertz CT molecular complexity index is 1120. The zero-order chi connectivity index (χ0) is 21.7. The maximum Gasteiger partial charge on any atom is 0.359 e. The third-order valence-electron chi connectivity index (χ3n) is 4.34. The van der Waals surface area contributed by atoms with Gasteiger partial charge in [-0.2, -0.15) is 5.10 Å². The smallest absolute Gasteiger partial charge is 0.359 e. The van der Waals surface area contributed by atoms with Gasteiger partial charge in [-0.05, 0) is 29.7 Å². The number of carbonyl (C=O) groups excluding carboxylic acids is 2. The Morgan fingerprint density at radius 2 is 1.77 bits per heavy atom. The second-order valence-electron chi connectivity index (χ2n) is 7.25. The predicted octanol–water partition coefficient (Wildman–Crippen LogP) is 2.66. The van der Waals surface area contributed by atoms with Crippen LogP contribution in [-0.4, -0.2) is 28.3 Å². The number of carbonyl (C=O) groups is 2. The van der Waals surface area contributed by atoms with E-state index in [1.807, 2.05) is 13.8 Å². The van der Waals surface area contributed by atoms with Crippen LogP contribution in [0.5, 0.6) is 0 Å². The van der Waals surface area contributed by atoms with E-state index in [1.54, 1.807) is 36.4 Å². The van der Waals surface area contributed by atoms with Gasteiger partial charge in [-0.25, -0.2) is 13.9 Å². The van der Waals surface area contributed by atoms with Crippen molar-refractivity contribution in [3.05, 3.63) is 76.0 Å². The van der Waals surface area contributed by atoms with Crippen LogP contribution in [-0.2, 0) is 22.6 Å². The van der Waals surface area contributed by atoms with Crippen LogP contribution >= 0.6 is 0 Å². The average Bonchev–Trinajstić information content (AvgIpc) is 2.73. The molecule has 1 amide bonds.